The Morgan fingerprint density at radius 1 is 1.32 bits per heavy atom. The molecule has 1 N–H and O–H groups in total. The third-order valence-corrected chi connectivity index (χ3v) is 4.75. The second-order valence-electron chi connectivity index (χ2n) is 4.83. The maximum atomic E-state index is 11.8. The van der Waals surface area contributed by atoms with Gasteiger partial charge in [-0.15, -0.1) is 4.40 Å². The fraction of sp³-hybridized carbons (Fsp3) is 0.462. The second kappa shape index (κ2) is 4.94. The van der Waals surface area contributed by atoms with Gasteiger partial charge in [0.15, 0.2) is 0 Å². The van der Waals surface area contributed by atoms with Gasteiger partial charge in [0.25, 0.3) is 10.0 Å². The highest BCUT2D eigenvalue weighted by Gasteiger charge is 2.30. The van der Waals surface area contributed by atoms with Gasteiger partial charge in [0.05, 0.1) is 5.56 Å². The van der Waals surface area contributed by atoms with Crippen LogP contribution in [0.3, 0.4) is 0 Å². The van der Waals surface area contributed by atoms with Gasteiger partial charge >= 0.3 is 0 Å². The van der Waals surface area contributed by atoms with E-state index in [0.717, 1.165) is 13.0 Å². The SMILES string of the molecule is O=S1(=O)N=C(OCC2CCCCN2)c2ccccc21. The van der Waals surface area contributed by atoms with E-state index >= 15 is 0 Å². The van der Waals surface area contributed by atoms with Crippen LogP contribution in [0.5, 0.6) is 0 Å². The predicted molar refractivity (Wildman–Crippen MR) is 71.8 cm³/mol. The second-order valence-corrected chi connectivity index (χ2v) is 6.40. The summed E-state index contributed by atoms with van der Waals surface area (Å²) in [6.07, 6.45) is 3.43. The Kier molecular flexibility index (Phi) is 3.28. The Balaban J connectivity index is 1.75. The molecular weight excluding hydrogens is 264 g/mol. The van der Waals surface area contributed by atoms with Gasteiger partial charge in [0, 0.05) is 6.04 Å². The van der Waals surface area contributed by atoms with Crippen molar-refractivity contribution in [2.45, 2.75) is 30.2 Å². The molecule has 2 heterocycles. The van der Waals surface area contributed by atoms with Crippen molar-refractivity contribution in [1.29, 1.82) is 0 Å². The van der Waals surface area contributed by atoms with E-state index in [1.54, 1.807) is 24.3 Å². The van der Waals surface area contributed by atoms with E-state index in [-0.39, 0.29) is 16.8 Å². The number of benzene rings is 1. The first kappa shape index (κ1) is 12.6. The summed E-state index contributed by atoms with van der Waals surface area (Å²) >= 11 is 0. The molecule has 1 atom stereocenters. The number of ether oxygens (including phenoxy) is 1. The number of sulfonamides is 1. The Bertz CT molecular complexity index is 604. The van der Waals surface area contributed by atoms with Crippen LogP contribution in [0.1, 0.15) is 24.8 Å². The van der Waals surface area contributed by atoms with E-state index < -0.39 is 10.0 Å². The lowest BCUT2D eigenvalue weighted by Gasteiger charge is -2.23. The molecule has 0 aromatic heterocycles. The summed E-state index contributed by atoms with van der Waals surface area (Å²) in [5, 5.41) is 3.36. The standard InChI is InChI=1S/C13H16N2O3S/c16-19(17)12-7-2-1-6-11(12)13(15-19)18-9-10-5-3-4-8-14-10/h1-2,6-7,10,14H,3-5,8-9H2. The zero-order chi connectivity index (χ0) is 13.3. The van der Waals surface area contributed by atoms with E-state index in [0.29, 0.717) is 12.2 Å². The van der Waals surface area contributed by atoms with Crippen LogP contribution in [-0.4, -0.2) is 33.5 Å². The molecular formula is C13H16N2O3S. The van der Waals surface area contributed by atoms with Crippen LogP contribution in [0.2, 0.25) is 0 Å². The first-order chi connectivity index (χ1) is 9.17. The van der Waals surface area contributed by atoms with E-state index in [1.807, 2.05) is 0 Å². The van der Waals surface area contributed by atoms with Gasteiger partial charge in [0.2, 0.25) is 5.90 Å². The maximum absolute atomic E-state index is 11.8. The molecule has 0 spiro atoms. The molecule has 102 valence electrons. The van der Waals surface area contributed by atoms with Crippen LogP contribution in [0, 0.1) is 0 Å². The van der Waals surface area contributed by atoms with Crippen molar-refractivity contribution in [2.75, 3.05) is 13.2 Å². The zero-order valence-electron chi connectivity index (χ0n) is 10.5. The summed E-state index contributed by atoms with van der Waals surface area (Å²) in [6.45, 7) is 1.46. The lowest BCUT2D eigenvalue weighted by molar-refractivity contribution is 0.230. The minimum absolute atomic E-state index is 0.225. The minimum Gasteiger partial charge on any atom is -0.475 e. The van der Waals surface area contributed by atoms with Crippen molar-refractivity contribution in [3.8, 4) is 0 Å². The van der Waals surface area contributed by atoms with E-state index in [9.17, 15) is 8.42 Å². The summed E-state index contributed by atoms with van der Waals surface area (Å²) < 4.78 is 33.0. The van der Waals surface area contributed by atoms with Gasteiger partial charge in [-0.05, 0) is 31.5 Å². The molecule has 2 aliphatic rings. The first-order valence-corrected chi connectivity index (χ1v) is 7.91. The molecule has 1 saturated heterocycles. The van der Waals surface area contributed by atoms with Gasteiger partial charge in [0.1, 0.15) is 11.5 Å². The number of hydrogen-bond acceptors (Lipinski definition) is 4. The normalized spacial score (nSPS) is 24.6. The number of rotatable bonds is 2. The average Bonchev–Trinajstić information content (AvgIpc) is 2.70. The Morgan fingerprint density at radius 2 is 2.16 bits per heavy atom. The molecule has 0 saturated carbocycles. The van der Waals surface area contributed by atoms with Crippen molar-refractivity contribution in [1.82, 2.24) is 5.32 Å². The van der Waals surface area contributed by atoms with Crippen molar-refractivity contribution in [3.63, 3.8) is 0 Å². The summed E-state index contributed by atoms with van der Waals surface area (Å²) in [5.74, 6) is 0.225. The maximum Gasteiger partial charge on any atom is 0.286 e. The van der Waals surface area contributed by atoms with Crippen molar-refractivity contribution < 1.29 is 13.2 Å². The molecule has 19 heavy (non-hydrogen) atoms. The molecule has 0 radical (unpaired) electrons. The van der Waals surface area contributed by atoms with Crippen molar-refractivity contribution in [2.24, 2.45) is 4.40 Å². The summed E-state index contributed by atoms with van der Waals surface area (Å²) in [7, 11) is -3.57. The summed E-state index contributed by atoms with van der Waals surface area (Å²) in [5.41, 5.74) is 0.568. The topological polar surface area (TPSA) is 67.8 Å². The van der Waals surface area contributed by atoms with Gasteiger partial charge in [-0.1, -0.05) is 18.6 Å². The van der Waals surface area contributed by atoms with Crippen LogP contribution in [-0.2, 0) is 14.8 Å². The molecule has 2 aliphatic heterocycles. The summed E-state index contributed by atoms with van der Waals surface area (Å²) in [6, 6.07) is 7.05. The minimum atomic E-state index is -3.57. The number of nitrogens with zero attached hydrogens (tertiary/aromatic N) is 1. The fourth-order valence-corrected chi connectivity index (χ4v) is 3.58. The molecule has 1 aromatic carbocycles. The monoisotopic (exact) mass is 280 g/mol. The highest BCUT2D eigenvalue weighted by molar-refractivity contribution is 7.90. The lowest BCUT2D eigenvalue weighted by atomic mass is 10.1. The third kappa shape index (κ3) is 2.50. The van der Waals surface area contributed by atoms with E-state index in [2.05, 4.69) is 9.71 Å². The van der Waals surface area contributed by atoms with Gasteiger partial charge < -0.3 is 10.1 Å². The van der Waals surface area contributed by atoms with Crippen LogP contribution < -0.4 is 5.32 Å². The highest BCUT2D eigenvalue weighted by atomic mass is 32.2. The lowest BCUT2D eigenvalue weighted by Crippen LogP contribution is -2.38. The molecule has 5 nitrogen and oxygen atoms in total. The fourth-order valence-electron chi connectivity index (χ4n) is 2.43. The molecule has 0 amide bonds. The third-order valence-electron chi connectivity index (χ3n) is 3.43. The molecule has 3 rings (SSSR count). The predicted octanol–water partition coefficient (Wildman–Crippen LogP) is 1.29. The number of nitrogens with one attached hydrogen (secondary N) is 1. The zero-order valence-corrected chi connectivity index (χ0v) is 11.3. The van der Waals surface area contributed by atoms with Crippen LogP contribution in [0.15, 0.2) is 33.6 Å². The van der Waals surface area contributed by atoms with Gasteiger partial charge in [-0.2, -0.15) is 8.42 Å². The van der Waals surface area contributed by atoms with Crippen LogP contribution in [0.25, 0.3) is 0 Å². The molecule has 0 bridgehead atoms. The molecule has 6 heteroatoms. The van der Waals surface area contributed by atoms with Crippen LogP contribution >= 0.6 is 0 Å². The summed E-state index contributed by atoms with van der Waals surface area (Å²) in [4.78, 5) is 0.238. The number of fused-ring (bicyclic) bond motifs is 1. The smallest absolute Gasteiger partial charge is 0.286 e. The molecule has 1 aromatic rings. The van der Waals surface area contributed by atoms with E-state index in [1.165, 1.54) is 12.8 Å². The first-order valence-electron chi connectivity index (χ1n) is 6.47. The van der Waals surface area contributed by atoms with Crippen molar-refractivity contribution in [3.05, 3.63) is 29.8 Å². The molecule has 1 unspecified atom stereocenters. The van der Waals surface area contributed by atoms with E-state index in [4.69, 9.17) is 4.74 Å². The number of hydrogen-bond donors (Lipinski definition) is 1. The average molecular weight is 280 g/mol. The quantitative estimate of drug-likeness (QED) is 0.886. The van der Waals surface area contributed by atoms with Gasteiger partial charge in [-0.25, -0.2) is 0 Å². The molecule has 0 aliphatic carbocycles. The Hall–Kier alpha value is -1.40. The van der Waals surface area contributed by atoms with Gasteiger partial charge in [-0.3, -0.25) is 0 Å². The van der Waals surface area contributed by atoms with Crippen molar-refractivity contribution >= 4 is 15.9 Å². The van der Waals surface area contributed by atoms with Crippen LogP contribution in [0.4, 0.5) is 0 Å². The Morgan fingerprint density at radius 3 is 2.95 bits per heavy atom. The highest BCUT2D eigenvalue weighted by Crippen LogP contribution is 2.26. The molecule has 1 fully saturated rings. The Labute approximate surface area is 112 Å². The number of piperidine rings is 1. The largest absolute Gasteiger partial charge is 0.475 e.